The average Bonchev–Trinajstić information content (AvgIpc) is 3.41. The summed E-state index contributed by atoms with van der Waals surface area (Å²) in [6, 6.07) is -0.892. The third-order valence-corrected chi connectivity index (χ3v) is 16.5. The Morgan fingerprint density at radius 2 is 0.734 bits per heavy atom. The molecule has 0 aliphatic carbocycles. The maximum atomic E-state index is 13.5. The summed E-state index contributed by atoms with van der Waals surface area (Å²) in [5, 5.41) is 3.03. The Balaban J connectivity index is 4.98. The molecule has 0 aromatic rings. The fraction of sp³-hybridized carbons (Fsp3) is 0.884. The van der Waals surface area contributed by atoms with Crippen LogP contribution in [0.3, 0.4) is 0 Å². The van der Waals surface area contributed by atoms with E-state index >= 15 is 0 Å². The molecule has 0 aromatic carbocycles. The summed E-state index contributed by atoms with van der Waals surface area (Å²) >= 11 is 0. The van der Waals surface area contributed by atoms with Crippen molar-refractivity contribution in [3.8, 4) is 0 Å². The predicted octanol–water partition coefficient (Wildman–Crippen LogP) is 20.8. The number of carbonyl (C=O) groups is 2. The fourth-order valence-electron chi connectivity index (χ4n) is 10.2. The quantitative estimate of drug-likeness (QED) is 0.0212. The fourth-order valence-corrected chi connectivity index (χ4v) is 10.9. The number of amides is 1. The second kappa shape index (κ2) is 59.4. The first-order valence-corrected chi connectivity index (χ1v) is 35.8. The first-order valence-electron chi connectivity index (χ1n) is 34.3. The molecular formula is C69H133N2O7P. The van der Waals surface area contributed by atoms with E-state index in [1.807, 2.05) is 33.3 Å². The molecule has 0 saturated carbocycles. The van der Waals surface area contributed by atoms with Gasteiger partial charge in [0.05, 0.1) is 33.8 Å². The summed E-state index contributed by atoms with van der Waals surface area (Å²) in [5.74, 6) is -0.544. The number of esters is 1. The molecule has 10 heteroatoms. The van der Waals surface area contributed by atoms with Gasteiger partial charge in [0.1, 0.15) is 19.3 Å². The summed E-state index contributed by atoms with van der Waals surface area (Å²) in [5.41, 5.74) is 0. The van der Waals surface area contributed by atoms with Crippen LogP contribution in [0.5, 0.6) is 0 Å². The highest BCUT2D eigenvalue weighted by Crippen LogP contribution is 2.38. The maximum absolute atomic E-state index is 13.5. The molecule has 79 heavy (non-hydrogen) atoms. The molecule has 1 amide bonds. The van der Waals surface area contributed by atoms with Gasteiger partial charge in [-0.15, -0.1) is 0 Å². The lowest BCUT2D eigenvalue weighted by Gasteiger charge is -2.30. The lowest BCUT2D eigenvalue weighted by molar-refractivity contribution is -0.870. The van der Waals surface area contributed by atoms with Crippen LogP contribution in [-0.2, 0) is 27.9 Å². The van der Waals surface area contributed by atoms with Gasteiger partial charge in [-0.3, -0.25) is 14.2 Å². The first-order chi connectivity index (χ1) is 38.4. The van der Waals surface area contributed by atoms with E-state index in [0.29, 0.717) is 17.4 Å². The standard InChI is InChI=1S/C69H133N2O7P/c1-7-10-13-16-19-22-25-28-30-31-32-33-34-35-36-37-38-39-40-41-42-44-47-50-53-56-59-62-69(73)78-67(60-57-54-51-48-45-27-24-21-18-15-12-9-3)66(65-77-79(74,75)76-64-63-71(4,5)6)70-68(72)61-58-55-52-49-46-43-29-26-23-20-17-14-11-8-2/h28,30,43,46,57,60,66-67H,7-27,29,31-42,44-45,47-56,58-59,61-65H2,1-6H3,(H-,70,72,74,75)/b30-28+,46-43-,60-57-. The van der Waals surface area contributed by atoms with Crippen molar-refractivity contribution in [1.29, 1.82) is 0 Å². The highest BCUT2D eigenvalue weighted by atomic mass is 31.2. The zero-order chi connectivity index (χ0) is 57.9. The van der Waals surface area contributed by atoms with Crippen LogP contribution in [0.2, 0.25) is 0 Å². The number of phosphoric acid groups is 1. The number of rotatable bonds is 63. The van der Waals surface area contributed by atoms with Crippen LogP contribution >= 0.6 is 7.82 Å². The van der Waals surface area contributed by atoms with Crippen molar-refractivity contribution in [2.45, 2.75) is 354 Å². The van der Waals surface area contributed by atoms with Crippen LogP contribution < -0.4 is 10.2 Å². The van der Waals surface area contributed by atoms with Crippen molar-refractivity contribution < 1.29 is 37.3 Å². The van der Waals surface area contributed by atoms with Crippen molar-refractivity contribution in [1.82, 2.24) is 5.32 Å². The Morgan fingerprint density at radius 1 is 0.430 bits per heavy atom. The van der Waals surface area contributed by atoms with E-state index in [2.05, 4.69) is 50.4 Å². The number of ether oxygens (including phenoxy) is 1. The molecule has 3 atom stereocenters. The molecule has 0 bridgehead atoms. The number of nitrogens with one attached hydrogen (secondary N) is 1. The van der Waals surface area contributed by atoms with Crippen LogP contribution in [-0.4, -0.2) is 69.4 Å². The van der Waals surface area contributed by atoms with E-state index in [-0.39, 0.29) is 31.5 Å². The molecule has 9 nitrogen and oxygen atoms in total. The Bertz CT molecular complexity index is 1450. The third-order valence-electron chi connectivity index (χ3n) is 15.5. The Kier molecular flexibility index (Phi) is 58.1. The van der Waals surface area contributed by atoms with Crippen LogP contribution in [0, 0.1) is 0 Å². The average molecular weight is 1130 g/mol. The van der Waals surface area contributed by atoms with Gasteiger partial charge in [-0.25, -0.2) is 0 Å². The molecule has 0 fully saturated rings. The Labute approximate surface area is 491 Å². The summed E-state index contributed by atoms with van der Waals surface area (Å²) in [4.78, 5) is 40.0. The second-order valence-electron chi connectivity index (χ2n) is 24.7. The summed E-state index contributed by atoms with van der Waals surface area (Å²) in [6.07, 6.45) is 72.8. The molecule has 0 spiro atoms. The number of phosphoric ester groups is 1. The van der Waals surface area contributed by atoms with Gasteiger partial charge in [-0.05, 0) is 83.1 Å². The summed E-state index contributed by atoms with van der Waals surface area (Å²) in [7, 11) is 1.19. The number of hydrogen-bond donors (Lipinski definition) is 1. The van der Waals surface area contributed by atoms with E-state index in [1.54, 1.807) is 0 Å². The van der Waals surface area contributed by atoms with E-state index < -0.39 is 20.0 Å². The van der Waals surface area contributed by atoms with E-state index in [0.717, 1.165) is 70.6 Å². The number of allylic oxidation sites excluding steroid dienone is 5. The number of unbranched alkanes of at least 4 members (excludes halogenated alkanes) is 43. The lowest BCUT2D eigenvalue weighted by atomic mass is 10.0. The molecule has 3 unspecified atom stereocenters. The minimum atomic E-state index is -4.70. The van der Waals surface area contributed by atoms with E-state index in [4.69, 9.17) is 13.8 Å². The molecule has 1 N–H and O–H groups in total. The molecule has 0 aliphatic heterocycles. The first kappa shape index (κ1) is 77.2. The molecule has 0 heterocycles. The molecule has 0 aliphatic rings. The molecule has 466 valence electrons. The van der Waals surface area contributed by atoms with Gasteiger partial charge in [0.25, 0.3) is 7.82 Å². The van der Waals surface area contributed by atoms with Crippen molar-refractivity contribution in [3.63, 3.8) is 0 Å². The minimum Gasteiger partial charge on any atom is -0.756 e. The number of likely N-dealkylation sites (N-methyl/N-ethyl adjacent to an activating group) is 1. The van der Waals surface area contributed by atoms with Crippen molar-refractivity contribution in [3.05, 3.63) is 36.5 Å². The second-order valence-corrected chi connectivity index (χ2v) is 26.1. The molecule has 0 rings (SSSR count). The van der Waals surface area contributed by atoms with Gasteiger partial charge in [-0.1, -0.05) is 282 Å². The van der Waals surface area contributed by atoms with Crippen LogP contribution in [0.25, 0.3) is 0 Å². The Morgan fingerprint density at radius 3 is 1.09 bits per heavy atom. The van der Waals surface area contributed by atoms with Crippen LogP contribution in [0.15, 0.2) is 36.5 Å². The van der Waals surface area contributed by atoms with Crippen LogP contribution in [0.1, 0.15) is 342 Å². The van der Waals surface area contributed by atoms with Gasteiger partial charge < -0.3 is 28.5 Å². The predicted molar refractivity (Wildman–Crippen MR) is 340 cm³/mol. The van der Waals surface area contributed by atoms with Crippen molar-refractivity contribution in [2.75, 3.05) is 40.9 Å². The lowest BCUT2D eigenvalue weighted by Crippen LogP contribution is -2.47. The van der Waals surface area contributed by atoms with Gasteiger partial charge in [0.15, 0.2) is 0 Å². The molecular weight excluding hydrogens is 1000 g/mol. The smallest absolute Gasteiger partial charge is 0.306 e. The zero-order valence-corrected chi connectivity index (χ0v) is 54.2. The van der Waals surface area contributed by atoms with Gasteiger partial charge in [0, 0.05) is 12.8 Å². The third kappa shape index (κ3) is 60.6. The Hall–Kier alpha value is -1.77. The number of carbonyl (C=O) groups excluding carboxylic acids is 2. The largest absolute Gasteiger partial charge is 0.756 e. The number of nitrogens with zero attached hydrogens (tertiary/aromatic N) is 1. The highest BCUT2D eigenvalue weighted by Gasteiger charge is 2.27. The molecule has 0 aromatic heterocycles. The number of hydrogen-bond acceptors (Lipinski definition) is 7. The molecule has 0 radical (unpaired) electrons. The molecule has 0 saturated heterocycles. The topological polar surface area (TPSA) is 114 Å². The van der Waals surface area contributed by atoms with Gasteiger partial charge >= 0.3 is 5.97 Å². The van der Waals surface area contributed by atoms with Crippen LogP contribution in [0.4, 0.5) is 0 Å². The zero-order valence-electron chi connectivity index (χ0n) is 53.3. The number of quaternary nitrogens is 1. The van der Waals surface area contributed by atoms with E-state index in [1.165, 1.54) is 238 Å². The SMILES string of the molecule is CCCCCCCC/C=C/CCCCCCCCCCCCCCCCCCCC(=O)OC(/C=C\CCCCCCCCCCCC)C(COP(=O)([O-])OCC[N+](C)(C)C)NC(=O)CCCCC/C=C\CCCCCCCCC. The monoisotopic (exact) mass is 1130 g/mol. The van der Waals surface area contributed by atoms with Gasteiger partial charge in [0.2, 0.25) is 5.91 Å². The van der Waals surface area contributed by atoms with Crippen molar-refractivity contribution >= 4 is 19.7 Å². The normalized spacial score (nSPS) is 13.8. The maximum Gasteiger partial charge on any atom is 0.306 e. The minimum absolute atomic E-state index is 0.0225. The van der Waals surface area contributed by atoms with E-state index in [9.17, 15) is 19.0 Å². The van der Waals surface area contributed by atoms with Crippen molar-refractivity contribution in [2.24, 2.45) is 0 Å². The highest BCUT2D eigenvalue weighted by molar-refractivity contribution is 7.45. The summed E-state index contributed by atoms with van der Waals surface area (Å²) < 4.78 is 30.4. The van der Waals surface area contributed by atoms with Gasteiger partial charge in [-0.2, -0.15) is 0 Å². The summed E-state index contributed by atoms with van der Waals surface area (Å²) in [6.45, 7) is 6.86.